The molecule has 0 bridgehead atoms. The second-order valence-electron chi connectivity index (χ2n) is 3.39. The maximum absolute atomic E-state index is 12.5. The summed E-state index contributed by atoms with van der Waals surface area (Å²) in [6.45, 7) is 3.75. The van der Waals surface area contributed by atoms with Crippen molar-refractivity contribution in [1.82, 2.24) is 0 Å². The number of halogens is 4. The molecule has 0 aromatic heterocycles. The van der Waals surface area contributed by atoms with Gasteiger partial charge in [0.2, 0.25) is 0 Å². The molecular formula is C10H10F3I. The summed E-state index contributed by atoms with van der Waals surface area (Å²) in [5, 5.41) is 0. The normalized spacial score (nSPS) is 12.2. The third kappa shape index (κ3) is 2.62. The lowest BCUT2D eigenvalue weighted by Gasteiger charge is -2.12. The van der Waals surface area contributed by atoms with Crippen molar-refractivity contribution in [2.45, 2.75) is 25.9 Å². The molecule has 0 heterocycles. The van der Waals surface area contributed by atoms with Crippen LogP contribution in [0.25, 0.3) is 0 Å². The summed E-state index contributed by atoms with van der Waals surface area (Å²) in [6, 6.07) is 4.48. The molecule has 0 saturated heterocycles. The van der Waals surface area contributed by atoms with E-state index in [2.05, 4.69) is 0 Å². The summed E-state index contributed by atoms with van der Waals surface area (Å²) in [4.78, 5) is 0. The van der Waals surface area contributed by atoms with E-state index in [1.807, 2.05) is 13.8 Å². The van der Waals surface area contributed by atoms with Gasteiger partial charge in [0.25, 0.3) is 0 Å². The monoisotopic (exact) mass is 314 g/mol. The first-order valence-corrected chi connectivity index (χ1v) is 5.27. The van der Waals surface area contributed by atoms with Crippen LogP contribution in [-0.4, -0.2) is 0 Å². The van der Waals surface area contributed by atoms with Crippen LogP contribution in [0.3, 0.4) is 0 Å². The lowest BCUT2D eigenvalue weighted by molar-refractivity contribution is -0.138. The summed E-state index contributed by atoms with van der Waals surface area (Å²) < 4.78 is 37.7. The van der Waals surface area contributed by atoms with Crippen LogP contribution in [0.2, 0.25) is 0 Å². The molecule has 0 spiro atoms. The summed E-state index contributed by atoms with van der Waals surface area (Å²) in [7, 11) is 0. The molecule has 0 aliphatic carbocycles. The van der Waals surface area contributed by atoms with E-state index in [-0.39, 0.29) is 9.49 Å². The van der Waals surface area contributed by atoms with Gasteiger partial charge in [0.15, 0.2) is 0 Å². The molecule has 78 valence electrons. The molecule has 0 radical (unpaired) electrons. The predicted octanol–water partition coefficient (Wildman–Crippen LogP) is 4.43. The second kappa shape index (κ2) is 4.08. The minimum absolute atomic E-state index is 0.119. The van der Waals surface area contributed by atoms with Gasteiger partial charge in [0, 0.05) is 3.57 Å². The SMILES string of the molecule is CC(C)c1ccc(I)c(C(F)(F)F)c1. The molecule has 1 rings (SSSR count). The fourth-order valence-corrected chi connectivity index (χ4v) is 1.76. The molecular weight excluding hydrogens is 304 g/mol. The molecule has 0 unspecified atom stereocenters. The van der Waals surface area contributed by atoms with Gasteiger partial charge in [0.1, 0.15) is 0 Å². The Morgan fingerprint density at radius 2 is 1.79 bits per heavy atom. The summed E-state index contributed by atoms with van der Waals surface area (Å²) in [5.41, 5.74) is 0.182. The average Bonchev–Trinajstić information content (AvgIpc) is 2.02. The van der Waals surface area contributed by atoms with E-state index in [1.54, 1.807) is 28.7 Å². The van der Waals surface area contributed by atoms with Gasteiger partial charge in [-0.2, -0.15) is 13.2 Å². The van der Waals surface area contributed by atoms with Crippen molar-refractivity contribution in [2.75, 3.05) is 0 Å². The van der Waals surface area contributed by atoms with E-state index < -0.39 is 11.7 Å². The van der Waals surface area contributed by atoms with Gasteiger partial charge in [-0.25, -0.2) is 0 Å². The highest BCUT2D eigenvalue weighted by Gasteiger charge is 2.33. The Labute approximate surface area is 94.6 Å². The van der Waals surface area contributed by atoms with Gasteiger partial charge in [-0.1, -0.05) is 19.9 Å². The van der Waals surface area contributed by atoms with Crippen LogP contribution < -0.4 is 0 Å². The minimum atomic E-state index is -4.25. The molecule has 1 aromatic rings. The molecule has 0 aliphatic rings. The zero-order valence-electron chi connectivity index (χ0n) is 7.82. The summed E-state index contributed by atoms with van der Waals surface area (Å²) in [6.07, 6.45) is -4.25. The third-order valence-corrected chi connectivity index (χ3v) is 2.90. The van der Waals surface area contributed by atoms with Crippen molar-refractivity contribution in [3.8, 4) is 0 Å². The molecule has 4 heteroatoms. The van der Waals surface area contributed by atoms with Gasteiger partial charge >= 0.3 is 6.18 Å². The zero-order valence-corrected chi connectivity index (χ0v) is 9.98. The minimum Gasteiger partial charge on any atom is -0.166 e. The molecule has 0 fully saturated rings. The summed E-state index contributed by atoms with van der Waals surface area (Å²) >= 11 is 1.71. The first kappa shape index (κ1) is 11.8. The van der Waals surface area contributed by atoms with Gasteiger partial charge in [-0.3, -0.25) is 0 Å². The topological polar surface area (TPSA) is 0 Å². The Balaban J connectivity index is 3.22. The van der Waals surface area contributed by atoms with E-state index in [0.717, 1.165) is 5.56 Å². The Morgan fingerprint density at radius 1 is 1.21 bits per heavy atom. The number of rotatable bonds is 1. The van der Waals surface area contributed by atoms with Crippen LogP contribution in [0.1, 0.15) is 30.9 Å². The standard InChI is InChI=1S/C10H10F3I/c1-6(2)7-3-4-9(14)8(5-7)10(11,12)13/h3-6H,1-2H3. The van der Waals surface area contributed by atoms with Crippen LogP contribution in [0.15, 0.2) is 18.2 Å². The Bertz CT molecular complexity index is 329. The lowest BCUT2D eigenvalue weighted by atomic mass is 10.0. The van der Waals surface area contributed by atoms with Crippen LogP contribution >= 0.6 is 22.6 Å². The van der Waals surface area contributed by atoms with Crippen molar-refractivity contribution in [3.05, 3.63) is 32.9 Å². The van der Waals surface area contributed by atoms with Gasteiger partial charge < -0.3 is 0 Å². The van der Waals surface area contributed by atoms with Crippen LogP contribution in [-0.2, 0) is 6.18 Å². The molecule has 0 atom stereocenters. The van der Waals surface area contributed by atoms with Crippen LogP contribution in [0.5, 0.6) is 0 Å². The van der Waals surface area contributed by atoms with E-state index in [4.69, 9.17) is 0 Å². The second-order valence-corrected chi connectivity index (χ2v) is 4.55. The highest BCUT2D eigenvalue weighted by Crippen LogP contribution is 2.34. The Kier molecular flexibility index (Phi) is 3.44. The predicted molar refractivity (Wildman–Crippen MR) is 58.3 cm³/mol. The Hall–Kier alpha value is -0.260. The highest BCUT2D eigenvalue weighted by atomic mass is 127. The maximum atomic E-state index is 12.5. The Morgan fingerprint density at radius 3 is 2.21 bits per heavy atom. The number of hydrogen-bond donors (Lipinski definition) is 0. The van der Waals surface area contributed by atoms with Crippen molar-refractivity contribution >= 4 is 22.6 Å². The van der Waals surface area contributed by atoms with E-state index in [9.17, 15) is 13.2 Å². The largest absolute Gasteiger partial charge is 0.417 e. The zero-order chi connectivity index (χ0) is 10.9. The van der Waals surface area contributed by atoms with Gasteiger partial charge in [-0.15, -0.1) is 0 Å². The van der Waals surface area contributed by atoms with Crippen LogP contribution in [0, 0.1) is 3.57 Å². The average molecular weight is 314 g/mol. The quantitative estimate of drug-likeness (QED) is 0.673. The molecule has 0 N–H and O–H groups in total. The molecule has 0 aliphatic heterocycles. The fourth-order valence-electron chi connectivity index (χ4n) is 1.12. The maximum Gasteiger partial charge on any atom is 0.417 e. The summed E-state index contributed by atoms with van der Waals surface area (Å²) in [5.74, 6) is 0.119. The van der Waals surface area contributed by atoms with E-state index in [0.29, 0.717) is 0 Å². The highest BCUT2D eigenvalue weighted by molar-refractivity contribution is 14.1. The van der Waals surface area contributed by atoms with Crippen molar-refractivity contribution in [2.24, 2.45) is 0 Å². The first-order valence-electron chi connectivity index (χ1n) is 4.19. The van der Waals surface area contributed by atoms with Crippen molar-refractivity contribution in [3.63, 3.8) is 0 Å². The van der Waals surface area contributed by atoms with E-state index >= 15 is 0 Å². The van der Waals surface area contributed by atoms with Gasteiger partial charge in [0.05, 0.1) is 5.56 Å². The number of hydrogen-bond acceptors (Lipinski definition) is 0. The van der Waals surface area contributed by atoms with E-state index in [1.165, 1.54) is 12.1 Å². The van der Waals surface area contributed by atoms with Gasteiger partial charge in [-0.05, 0) is 46.2 Å². The molecule has 0 nitrogen and oxygen atoms in total. The molecule has 1 aromatic carbocycles. The first-order chi connectivity index (χ1) is 6.32. The fraction of sp³-hybridized carbons (Fsp3) is 0.400. The van der Waals surface area contributed by atoms with Crippen molar-refractivity contribution < 1.29 is 13.2 Å². The third-order valence-electron chi connectivity index (χ3n) is 1.96. The molecule has 0 amide bonds. The molecule has 14 heavy (non-hydrogen) atoms. The van der Waals surface area contributed by atoms with Crippen molar-refractivity contribution in [1.29, 1.82) is 0 Å². The smallest absolute Gasteiger partial charge is 0.166 e. The molecule has 0 saturated carbocycles. The van der Waals surface area contributed by atoms with Crippen LogP contribution in [0.4, 0.5) is 13.2 Å². The lowest BCUT2D eigenvalue weighted by Crippen LogP contribution is -2.08. The number of benzene rings is 1. The number of alkyl halides is 3.